The van der Waals surface area contributed by atoms with Crippen LogP contribution in [0.25, 0.3) is 4.83 Å². The van der Waals surface area contributed by atoms with Gasteiger partial charge in [-0.3, -0.25) is 9.20 Å². The molecule has 5 heteroatoms. The lowest BCUT2D eigenvalue weighted by Crippen LogP contribution is -1.96. The van der Waals surface area contributed by atoms with Crippen molar-refractivity contribution < 1.29 is 4.79 Å². The molecule has 0 aliphatic heterocycles. The Hall–Kier alpha value is -0.810. The van der Waals surface area contributed by atoms with Crippen LogP contribution in [0.5, 0.6) is 0 Å². The van der Waals surface area contributed by atoms with Gasteiger partial charge in [0.1, 0.15) is 10.7 Å². The van der Waals surface area contributed by atoms with E-state index in [2.05, 4.69) is 9.38 Å². The van der Waals surface area contributed by atoms with E-state index in [1.807, 2.05) is 17.8 Å². The minimum absolute atomic E-state index is 0.170. The number of carbonyl (C=O) groups excluding carboxylic acids is 1. The van der Waals surface area contributed by atoms with Gasteiger partial charge in [-0.15, -0.1) is 11.3 Å². The molecule has 3 nitrogen and oxygen atoms in total. The highest BCUT2D eigenvalue weighted by Gasteiger charge is 2.04. The normalized spacial score (nSPS) is 10.9. The minimum Gasteiger partial charge on any atom is -0.294 e. The summed E-state index contributed by atoms with van der Waals surface area (Å²) in [7, 11) is 0. The average Bonchev–Trinajstić information content (AvgIpc) is 2.67. The van der Waals surface area contributed by atoms with Gasteiger partial charge in [0.05, 0.1) is 6.20 Å². The number of thiazole rings is 1. The molecule has 2 aromatic rings. The van der Waals surface area contributed by atoms with Gasteiger partial charge in [-0.25, -0.2) is 4.98 Å². The molecule has 74 valence electrons. The lowest BCUT2D eigenvalue weighted by Gasteiger charge is -1.96. The molecule has 0 spiro atoms. The second-order valence-corrected chi connectivity index (χ2v) is 5.07. The first-order valence-corrected chi connectivity index (χ1v) is 6.16. The van der Waals surface area contributed by atoms with E-state index in [9.17, 15) is 4.79 Å². The van der Waals surface area contributed by atoms with E-state index in [-0.39, 0.29) is 5.12 Å². The molecule has 2 rings (SSSR count). The van der Waals surface area contributed by atoms with Gasteiger partial charge in [-0.05, 0) is 0 Å². The number of aromatic nitrogens is 2. The second kappa shape index (κ2) is 4.14. The number of rotatable bonds is 3. The molecule has 0 aliphatic carbocycles. The third-order valence-corrected chi connectivity index (χ3v) is 3.49. The van der Waals surface area contributed by atoms with Crippen molar-refractivity contribution in [2.75, 3.05) is 5.75 Å². The summed E-state index contributed by atoms with van der Waals surface area (Å²) in [4.78, 5) is 16.2. The lowest BCUT2D eigenvalue weighted by molar-refractivity contribution is -0.109. The van der Waals surface area contributed by atoms with Crippen molar-refractivity contribution in [2.24, 2.45) is 0 Å². The third kappa shape index (κ3) is 1.99. The number of nitrogens with zero attached hydrogens (tertiary/aromatic N) is 2. The van der Waals surface area contributed by atoms with Crippen LogP contribution in [0.1, 0.15) is 12.7 Å². The summed E-state index contributed by atoms with van der Waals surface area (Å²) in [6.07, 6.45) is 4.73. The summed E-state index contributed by atoms with van der Waals surface area (Å²) in [5.41, 5.74) is 0. The number of aryl methyl sites for hydroxylation is 1. The van der Waals surface area contributed by atoms with Crippen molar-refractivity contribution in [1.82, 2.24) is 9.38 Å². The SMILES string of the molecule is CC(=O)SCCc1ncc2sccn12. The number of hydrogen-bond acceptors (Lipinski definition) is 4. The van der Waals surface area contributed by atoms with Crippen LogP contribution in [-0.4, -0.2) is 20.3 Å². The fourth-order valence-corrected chi connectivity index (χ4v) is 2.55. The van der Waals surface area contributed by atoms with Crippen LogP contribution in [0.15, 0.2) is 17.8 Å². The van der Waals surface area contributed by atoms with Crippen LogP contribution in [0, 0.1) is 0 Å². The Labute approximate surface area is 90.2 Å². The summed E-state index contributed by atoms with van der Waals surface area (Å²) in [5, 5.41) is 2.21. The maximum absolute atomic E-state index is 10.7. The van der Waals surface area contributed by atoms with Gasteiger partial charge in [-0.1, -0.05) is 11.8 Å². The zero-order valence-electron chi connectivity index (χ0n) is 7.77. The molecule has 2 aromatic heterocycles. The second-order valence-electron chi connectivity index (χ2n) is 2.88. The number of imidazole rings is 1. The van der Waals surface area contributed by atoms with E-state index >= 15 is 0 Å². The minimum atomic E-state index is 0.170. The molecule has 0 N–H and O–H groups in total. The zero-order valence-corrected chi connectivity index (χ0v) is 9.40. The maximum atomic E-state index is 10.7. The quantitative estimate of drug-likeness (QED) is 0.804. The van der Waals surface area contributed by atoms with Gasteiger partial charge < -0.3 is 0 Å². The molecule has 0 unspecified atom stereocenters. The van der Waals surface area contributed by atoms with E-state index in [0.717, 1.165) is 22.8 Å². The molecule has 0 aliphatic rings. The maximum Gasteiger partial charge on any atom is 0.185 e. The molecule has 0 saturated carbocycles. The summed E-state index contributed by atoms with van der Waals surface area (Å²) in [5.74, 6) is 1.85. The van der Waals surface area contributed by atoms with Crippen LogP contribution in [0.3, 0.4) is 0 Å². The molecule has 0 aromatic carbocycles. The van der Waals surface area contributed by atoms with Crippen molar-refractivity contribution in [2.45, 2.75) is 13.3 Å². The van der Waals surface area contributed by atoms with Gasteiger partial charge in [0.25, 0.3) is 0 Å². The van der Waals surface area contributed by atoms with Crippen LogP contribution < -0.4 is 0 Å². The standard InChI is InChI=1S/C9H10N2OS2/c1-7(12)13-4-2-8-10-6-9-11(8)3-5-14-9/h3,5-6H,2,4H2,1H3. The van der Waals surface area contributed by atoms with Crippen molar-refractivity contribution in [3.05, 3.63) is 23.6 Å². The van der Waals surface area contributed by atoms with Crippen LogP contribution in [0.2, 0.25) is 0 Å². The average molecular weight is 226 g/mol. The van der Waals surface area contributed by atoms with E-state index in [4.69, 9.17) is 0 Å². The van der Waals surface area contributed by atoms with Crippen molar-refractivity contribution in [3.8, 4) is 0 Å². The zero-order chi connectivity index (χ0) is 9.97. The molecule has 0 amide bonds. The van der Waals surface area contributed by atoms with Gasteiger partial charge in [0.2, 0.25) is 0 Å². The summed E-state index contributed by atoms with van der Waals surface area (Å²) in [6, 6.07) is 0. The Morgan fingerprint density at radius 3 is 3.36 bits per heavy atom. The van der Waals surface area contributed by atoms with Crippen LogP contribution >= 0.6 is 23.1 Å². The third-order valence-electron chi connectivity index (χ3n) is 1.87. The number of hydrogen-bond donors (Lipinski definition) is 0. The molecule has 0 radical (unpaired) electrons. The van der Waals surface area contributed by atoms with Crippen LogP contribution in [0.4, 0.5) is 0 Å². The fourth-order valence-electron chi connectivity index (χ4n) is 1.26. The first kappa shape index (κ1) is 9.73. The van der Waals surface area contributed by atoms with Gasteiger partial charge in [0, 0.05) is 30.7 Å². The topological polar surface area (TPSA) is 34.4 Å². The van der Waals surface area contributed by atoms with Gasteiger partial charge in [-0.2, -0.15) is 0 Å². The van der Waals surface area contributed by atoms with Crippen LogP contribution in [-0.2, 0) is 11.2 Å². The first-order valence-electron chi connectivity index (χ1n) is 4.30. The predicted octanol–water partition coefficient (Wildman–Crippen LogP) is 2.22. The van der Waals surface area contributed by atoms with E-state index < -0.39 is 0 Å². The van der Waals surface area contributed by atoms with Gasteiger partial charge in [0.15, 0.2) is 5.12 Å². The fraction of sp³-hybridized carbons (Fsp3) is 0.333. The Kier molecular flexibility index (Phi) is 2.88. The summed E-state index contributed by atoms with van der Waals surface area (Å²) in [6.45, 7) is 1.59. The van der Waals surface area contributed by atoms with E-state index in [1.54, 1.807) is 18.3 Å². The Morgan fingerprint density at radius 1 is 1.71 bits per heavy atom. The number of carbonyl (C=O) groups is 1. The van der Waals surface area contributed by atoms with Crippen molar-refractivity contribution in [3.63, 3.8) is 0 Å². The molecular formula is C9H10N2OS2. The molecule has 0 bridgehead atoms. The monoisotopic (exact) mass is 226 g/mol. The van der Waals surface area contributed by atoms with E-state index in [1.165, 1.54) is 11.8 Å². The summed E-state index contributed by atoms with van der Waals surface area (Å²) >= 11 is 3.03. The number of fused-ring (bicyclic) bond motifs is 1. The molecule has 0 atom stereocenters. The van der Waals surface area contributed by atoms with Crippen molar-refractivity contribution >= 4 is 33.0 Å². The largest absolute Gasteiger partial charge is 0.294 e. The molecule has 0 fully saturated rings. The Balaban J connectivity index is 2.04. The smallest absolute Gasteiger partial charge is 0.185 e. The molecule has 14 heavy (non-hydrogen) atoms. The molecule has 2 heterocycles. The highest BCUT2D eigenvalue weighted by Crippen LogP contribution is 2.14. The highest BCUT2D eigenvalue weighted by molar-refractivity contribution is 8.13. The molecule has 0 saturated heterocycles. The molecular weight excluding hydrogens is 216 g/mol. The number of thioether (sulfide) groups is 1. The first-order chi connectivity index (χ1) is 6.77. The Bertz CT molecular complexity index is 446. The van der Waals surface area contributed by atoms with Gasteiger partial charge >= 0.3 is 0 Å². The summed E-state index contributed by atoms with van der Waals surface area (Å²) < 4.78 is 2.07. The van der Waals surface area contributed by atoms with E-state index in [0.29, 0.717) is 0 Å². The van der Waals surface area contributed by atoms with Crippen molar-refractivity contribution in [1.29, 1.82) is 0 Å². The predicted molar refractivity (Wildman–Crippen MR) is 59.9 cm³/mol. The lowest BCUT2D eigenvalue weighted by atomic mass is 10.4. The Morgan fingerprint density at radius 2 is 2.57 bits per heavy atom. The highest BCUT2D eigenvalue weighted by atomic mass is 32.2.